The Balaban J connectivity index is 1.40. The van der Waals surface area contributed by atoms with Gasteiger partial charge < -0.3 is 15.1 Å². The molecule has 1 aromatic carbocycles. The van der Waals surface area contributed by atoms with Crippen LogP contribution in [0.25, 0.3) is 0 Å². The number of carbonyl (C=O) groups is 1. The van der Waals surface area contributed by atoms with Crippen LogP contribution in [0.2, 0.25) is 0 Å². The van der Waals surface area contributed by atoms with Crippen LogP contribution in [0.3, 0.4) is 0 Å². The monoisotopic (exact) mass is 354 g/mol. The molecule has 6 nitrogen and oxygen atoms in total. The Morgan fingerprint density at radius 2 is 1.88 bits per heavy atom. The highest BCUT2D eigenvalue weighted by atomic mass is 32.2. The highest BCUT2D eigenvalue weighted by Crippen LogP contribution is 2.15. The van der Waals surface area contributed by atoms with Crippen molar-refractivity contribution < 1.29 is 9.21 Å². The van der Waals surface area contributed by atoms with E-state index in [0.29, 0.717) is 23.9 Å². The van der Waals surface area contributed by atoms with Crippen molar-refractivity contribution in [1.82, 2.24) is 15.5 Å². The maximum Gasteiger partial charge on any atom is 0.230 e. The quantitative estimate of drug-likeness (QED) is 0.605. The zero-order valence-corrected chi connectivity index (χ0v) is 14.3. The highest BCUT2D eigenvalue weighted by Gasteiger charge is 2.05. The van der Waals surface area contributed by atoms with E-state index in [1.165, 1.54) is 17.3 Å². The van der Waals surface area contributed by atoms with Gasteiger partial charge in [0.05, 0.1) is 18.6 Å². The lowest BCUT2D eigenvalue weighted by Gasteiger charge is -2.06. The van der Waals surface area contributed by atoms with E-state index in [0.717, 1.165) is 5.76 Å². The normalized spacial score (nSPS) is 10.4. The standard InChI is InChI=1S/C18H18N4O2S/c23-17(20-12-15-7-4-10-24-15)13-25-18-9-8-16(21-22-18)19-11-14-5-2-1-3-6-14/h1-10H,11-13H2,(H,19,21)(H,20,23). The number of thioether (sulfide) groups is 1. The summed E-state index contributed by atoms with van der Waals surface area (Å²) in [6, 6.07) is 17.4. The van der Waals surface area contributed by atoms with Crippen LogP contribution in [0.15, 0.2) is 70.3 Å². The van der Waals surface area contributed by atoms with Gasteiger partial charge in [-0.15, -0.1) is 10.2 Å². The SMILES string of the molecule is O=C(CSc1ccc(NCc2ccccc2)nn1)NCc1ccco1. The average molecular weight is 354 g/mol. The highest BCUT2D eigenvalue weighted by molar-refractivity contribution is 7.99. The number of benzene rings is 1. The van der Waals surface area contributed by atoms with Crippen molar-refractivity contribution in [1.29, 1.82) is 0 Å². The molecule has 25 heavy (non-hydrogen) atoms. The molecule has 0 aliphatic rings. The largest absolute Gasteiger partial charge is 0.467 e. The maximum absolute atomic E-state index is 11.8. The maximum atomic E-state index is 11.8. The van der Waals surface area contributed by atoms with Gasteiger partial charge in [-0.25, -0.2) is 0 Å². The van der Waals surface area contributed by atoms with Crippen LogP contribution < -0.4 is 10.6 Å². The van der Waals surface area contributed by atoms with Crippen LogP contribution >= 0.6 is 11.8 Å². The molecule has 2 N–H and O–H groups in total. The van der Waals surface area contributed by atoms with Gasteiger partial charge in [-0.05, 0) is 29.8 Å². The molecule has 0 aliphatic heterocycles. The fraction of sp³-hybridized carbons (Fsp3) is 0.167. The molecule has 0 radical (unpaired) electrons. The lowest BCUT2D eigenvalue weighted by Crippen LogP contribution is -2.24. The Kier molecular flexibility index (Phi) is 6.06. The lowest BCUT2D eigenvalue weighted by atomic mass is 10.2. The summed E-state index contributed by atoms with van der Waals surface area (Å²) in [5.41, 5.74) is 1.18. The van der Waals surface area contributed by atoms with Crippen LogP contribution in [-0.2, 0) is 17.9 Å². The molecule has 0 bridgehead atoms. The minimum atomic E-state index is -0.0746. The smallest absolute Gasteiger partial charge is 0.230 e. The average Bonchev–Trinajstić information content (AvgIpc) is 3.18. The molecule has 0 atom stereocenters. The van der Waals surface area contributed by atoms with E-state index in [-0.39, 0.29) is 11.7 Å². The van der Waals surface area contributed by atoms with E-state index in [4.69, 9.17) is 4.42 Å². The minimum absolute atomic E-state index is 0.0746. The number of hydrogen-bond donors (Lipinski definition) is 2. The summed E-state index contributed by atoms with van der Waals surface area (Å²) >= 11 is 1.34. The number of carbonyl (C=O) groups excluding carboxylic acids is 1. The zero-order chi connectivity index (χ0) is 17.3. The van der Waals surface area contributed by atoms with E-state index < -0.39 is 0 Å². The summed E-state index contributed by atoms with van der Waals surface area (Å²) < 4.78 is 5.16. The Bertz CT molecular complexity index is 777. The summed E-state index contributed by atoms with van der Waals surface area (Å²) in [4.78, 5) is 11.8. The summed E-state index contributed by atoms with van der Waals surface area (Å²) in [7, 11) is 0. The molecule has 3 aromatic rings. The molecular weight excluding hydrogens is 336 g/mol. The molecule has 0 fully saturated rings. The molecule has 0 unspecified atom stereocenters. The Labute approximate surface area is 150 Å². The second-order valence-electron chi connectivity index (χ2n) is 5.24. The Hall–Kier alpha value is -2.80. The molecule has 1 amide bonds. The van der Waals surface area contributed by atoms with E-state index in [1.807, 2.05) is 48.5 Å². The molecule has 7 heteroatoms. The van der Waals surface area contributed by atoms with Crippen molar-refractivity contribution in [2.24, 2.45) is 0 Å². The first-order valence-corrected chi connectivity index (χ1v) is 8.81. The van der Waals surface area contributed by atoms with Crippen molar-refractivity contribution in [3.05, 3.63) is 72.2 Å². The topological polar surface area (TPSA) is 80.0 Å². The summed E-state index contributed by atoms with van der Waals surface area (Å²) in [6.45, 7) is 1.08. The molecule has 2 heterocycles. The third kappa shape index (κ3) is 5.65. The molecule has 0 saturated carbocycles. The number of aromatic nitrogens is 2. The zero-order valence-electron chi connectivity index (χ0n) is 13.5. The number of hydrogen-bond acceptors (Lipinski definition) is 6. The molecule has 0 aliphatic carbocycles. The van der Waals surface area contributed by atoms with Crippen LogP contribution in [0.4, 0.5) is 5.82 Å². The predicted octanol–water partition coefficient (Wildman–Crippen LogP) is 3.09. The lowest BCUT2D eigenvalue weighted by molar-refractivity contribution is -0.118. The third-order valence-corrected chi connectivity index (χ3v) is 4.27. The van der Waals surface area contributed by atoms with Crippen molar-refractivity contribution in [2.45, 2.75) is 18.1 Å². The van der Waals surface area contributed by atoms with E-state index >= 15 is 0 Å². The van der Waals surface area contributed by atoms with Crippen LogP contribution in [0, 0.1) is 0 Å². The number of anilines is 1. The summed E-state index contributed by atoms with van der Waals surface area (Å²) in [5, 5.41) is 15.0. The van der Waals surface area contributed by atoms with Crippen LogP contribution in [0.5, 0.6) is 0 Å². The predicted molar refractivity (Wildman–Crippen MR) is 97.1 cm³/mol. The first-order valence-electron chi connectivity index (χ1n) is 7.83. The number of rotatable bonds is 8. The van der Waals surface area contributed by atoms with Gasteiger partial charge >= 0.3 is 0 Å². The van der Waals surface area contributed by atoms with Gasteiger partial charge in [0.2, 0.25) is 5.91 Å². The fourth-order valence-corrected chi connectivity index (χ4v) is 2.71. The second kappa shape index (κ2) is 8.89. The van der Waals surface area contributed by atoms with Crippen molar-refractivity contribution >= 4 is 23.5 Å². The van der Waals surface area contributed by atoms with Crippen LogP contribution in [-0.4, -0.2) is 21.9 Å². The van der Waals surface area contributed by atoms with Gasteiger partial charge in [0.15, 0.2) is 0 Å². The van der Waals surface area contributed by atoms with Crippen molar-refractivity contribution in [2.75, 3.05) is 11.1 Å². The molecule has 128 valence electrons. The van der Waals surface area contributed by atoms with E-state index in [2.05, 4.69) is 20.8 Å². The van der Waals surface area contributed by atoms with Crippen LogP contribution in [0.1, 0.15) is 11.3 Å². The van der Waals surface area contributed by atoms with Gasteiger partial charge in [0.25, 0.3) is 0 Å². The van der Waals surface area contributed by atoms with Gasteiger partial charge in [0.1, 0.15) is 16.6 Å². The van der Waals surface area contributed by atoms with Gasteiger partial charge in [0, 0.05) is 6.54 Å². The second-order valence-corrected chi connectivity index (χ2v) is 6.24. The third-order valence-electron chi connectivity index (χ3n) is 3.35. The van der Waals surface area contributed by atoms with E-state index in [1.54, 1.807) is 12.3 Å². The minimum Gasteiger partial charge on any atom is -0.467 e. The molecule has 0 spiro atoms. The molecule has 0 saturated heterocycles. The van der Waals surface area contributed by atoms with Gasteiger partial charge in [-0.2, -0.15) is 0 Å². The van der Waals surface area contributed by atoms with Gasteiger partial charge in [-0.3, -0.25) is 4.79 Å². The number of nitrogens with zero attached hydrogens (tertiary/aromatic N) is 2. The summed E-state index contributed by atoms with van der Waals surface area (Å²) in [5.74, 6) is 1.64. The first-order chi connectivity index (χ1) is 12.3. The first kappa shape index (κ1) is 17.0. The van der Waals surface area contributed by atoms with E-state index in [9.17, 15) is 4.79 Å². The number of nitrogens with one attached hydrogen (secondary N) is 2. The molecular formula is C18H18N4O2S. The molecule has 2 aromatic heterocycles. The van der Waals surface area contributed by atoms with Crippen molar-refractivity contribution in [3.8, 4) is 0 Å². The number of furan rings is 1. The molecule has 3 rings (SSSR count). The number of amides is 1. The fourth-order valence-electron chi connectivity index (χ4n) is 2.07. The Morgan fingerprint density at radius 1 is 1.00 bits per heavy atom. The summed E-state index contributed by atoms with van der Waals surface area (Å²) in [6.07, 6.45) is 1.58. The Morgan fingerprint density at radius 3 is 2.60 bits per heavy atom. The van der Waals surface area contributed by atoms with Gasteiger partial charge in [-0.1, -0.05) is 42.1 Å². The van der Waals surface area contributed by atoms with Crippen molar-refractivity contribution in [3.63, 3.8) is 0 Å².